The topological polar surface area (TPSA) is 27.3 Å². The van der Waals surface area contributed by atoms with Gasteiger partial charge in [-0.05, 0) is 25.7 Å². The van der Waals surface area contributed by atoms with Crippen molar-refractivity contribution in [2.45, 2.75) is 45.1 Å². The Morgan fingerprint density at radius 1 is 1.18 bits per heavy atom. The van der Waals surface area contributed by atoms with Gasteiger partial charge in [-0.15, -0.1) is 0 Å². The molecule has 0 bridgehead atoms. The first-order chi connectivity index (χ1) is 8.36. The van der Waals surface area contributed by atoms with E-state index < -0.39 is 0 Å². The Bertz CT molecular complexity index is 196. The molecule has 1 saturated carbocycles. The molecule has 0 radical (unpaired) electrons. The normalized spacial score (nSPS) is 25.9. The zero-order chi connectivity index (χ0) is 11.9. The highest BCUT2D eigenvalue weighted by Crippen LogP contribution is 2.26. The van der Waals surface area contributed by atoms with Crippen molar-refractivity contribution < 1.29 is 0 Å². The van der Waals surface area contributed by atoms with Gasteiger partial charge in [0.2, 0.25) is 0 Å². The monoisotopic (exact) mass is 239 g/mol. The molecule has 1 saturated heterocycles. The molecule has 2 rings (SSSR count). The summed E-state index contributed by atoms with van der Waals surface area (Å²) in [6.07, 6.45) is 7.26. The van der Waals surface area contributed by atoms with Crippen LogP contribution in [0.4, 0.5) is 0 Å². The third-order valence-corrected chi connectivity index (χ3v) is 4.46. The molecule has 3 nitrogen and oxygen atoms in total. The van der Waals surface area contributed by atoms with Gasteiger partial charge in [-0.1, -0.05) is 19.3 Å². The summed E-state index contributed by atoms with van der Waals surface area (Å²) in [7, 11) is 0. The van der Waals surface area contributed by atoms with Crippen molar-refractivity contribution in [1.82, 2.24) is 15.5 Å². The number of rotatable bonds is 5. The van der Waals surface area contributed by atoms with E-state index in [1.165, 1.54) is 51.7 Å². The number of nitrogens with one attached hydrogen (secondary N) is 2. The molecule has 2 fully saturated rings. The Morgan fingerprint density at radius 2 is 1.88 bits per heavy atom. The quantitative estimate of drug-likeness (QED) is 0.760. The number of piperazine rings is 1. The highest BCUT2D eigenvalue weighted by atomic mass is 15.2. The average Bonchev–Trinajstić information content (AvgIpc) is 2.41. The van der Waals surface area contributed by atoms with Crippen LogP contribution in [-0.2, 0) is 0 Å². The molecular formula is C14H29N3. The summed E-state index contributed by atoms with van der Waals surface area (Å²) in [4.78, 5) is 2.57. The second-order valence-electron chi connectivity index (χ2n) is 5.73. The molecule has 1 atom stereocenters. The predicted molar refractivity (Wildman–Crippen MR) is 73.3 cm³/mol. The fraction of sp³-hybridized carbons (Fsp3) is 1.00. The van der Waals surface area contributed by atoms with Crippen LogP contribution in [0.15, 0.2) is 0 Å². The van der Waals surface area contributed by atoms with Gasteiger partial charge in [-0.25, -0.2) is 0 Å². The smallest absolute Gasteiger partial charge is 0.0108 e. The lowest BCUT2D eigenvalue weighted by Gasteiger charge is -2.31. The molecule has 0 amide bonds. The molecule has 0 unspecified atom stereocenters. The second kappa shape index (κ2) is 7.34. The van der Waals surface area contributed by atoms with Crippen molar-refractivity contribution in [2.24, 2.45) is 5.92 Å². The molecule has 3 heteroatoms. The molecule has 2 N–H and O–H groups in total. The first-order valence-corrected chi connectivity index (χ1v) is 7.53. The summed E-state index contributed by atoms with van der Waals surface area (Å²) in [5, 5.41) is 7.14. The fourth-order valence-electron chi connectivity index (χ4n) is 3.19. The summed E-state index contributed by atoms with van der Waals surface area (Å²) in [6.45, 7) is 9.54. The molecule has 2 aliphatic rings. The van der Waals surface area contributed by atoms with E-state index in [1.54, 1.807) is 0 Å². The maximum atomic E-state index is 3.74. The van der Waals surface area contributed by atoms with Crippen LogP contribution in [0.1, 0.15) is 39.0 Å². The molecule has 0 aromatic carbocycles. The van der Waals surface area contributed by atoms with Crippen LogP contribution >= 0.6 is 0 Å². The first kappa shape index (κ1) is 13.3. The van der Waals surface area contributed by atoms with Crippen LogP contribution in [0, 0.1) is 5.92 Å². The molecule has 0 aromatic rings. The van der Waals surface area contributed by atoms with Crippen molar-refractivity contribution in [3.05, 3.63) is 0 Å². The van der Waals surface area contributed by atoms with Gasteiger partial charge < -0.3 is 10.6 Å². The Hall–Kier alpha value is -0.120. The van der Waals surface area contributed by atoms with E-state index in [9.17, 15) is 0 Å². The summed E-state index contributed by atoms with van der Waals surface area (Å²) in [6, 6.07) is 0.721. The Labute approximate surface area is 106 Å². The molecular weight excluding hydrogens is 210 g/mol. The van der Waals surface area contributed by atoms with Crippen LogP contribution < -0.4 is 10.6 Å². The lowest BCUT2D eigenvalue weighted by Crippen LogP contribution is -2.47. The maximum absolute atomic E-state index is 3.74. The lowest BCUT2D eigenvalue weighted by molar-refractivity contribution is 0.225. The van der Waals surface area contributed by atoms with Gasteiger partial charge in [0.05, 0.1) is 0 Å². The molecule has 17 heavy (non-hydrogen) atoms. The summed E-state index contributed by atoms with van der Waals surface area (Å²) >= 11 is 0. The van der Waals surface area contributed by atoms with Gasteiger partial charge in [0, 0.05) is 45.3 Å². The van der Waals surface area contributed by atoms with Gasteiger partial charge in [0.15, 0.2) is 0 Å². The molecule has 1 heterocycles. The van der Waals surface area contributed by atoms with Crippen molar-refractivity contribution >= 4 is 0 Å². The van der Waals surface area contributed by atoms with Crippen molar-refractivity contribution in [2.75, 3.05) is 39.3 Å². The average molecular weight is 239 g/mol. The van der Waals surface area contributed by atoms with E-state index in [4.69, 9.17) is 0 Å². The minimum absolute atomic E-state index is 0.721. The third-order valence-electron chi connectivity index (χ3n) is 4.46. The second-order valence-corrected chi connectivity index (χ2v) is 5.73. The Balaban J connectivity index is 1.57. The van der Waals surface area contributed by atoms with Gasteiger partial charge in [-0.3, -0.25) is 4.90 Å². The van der Waals surface area contributed by atoms with Crippen molar-refractivity contribution in [3.63, 3.8) is 0 Å². The Kier molecular flexibility index (Phi) is 5.75. The standard InChI is InChI=1S/C14H29N3/c1-13(14-5-3-2-4-6-14)16-9-12-17-10-7-15-8-11-17/h13-16H,2-12H2,1H3/t13-/m1/s1. The fourth-order valence-corrected chi connectivity index (χ4v) is 3.19. The third kappa shape index (κ3) is 4.57. The van der Waals surface area contributed by atoms with Gasteiger partial charge in [-0.2, -0.15) is 0 Å². The zero-order valence-corrected chi connectivity index (χ0v) is 11.4. The Morgan fingerprint density at radius 3 is 2.59 bits per heavy atom. The van der Waals surface area contributed by atoms with Crippen LogP contribution in [0.2, 0.25) is 0 Å². The highest BCUT2D eigenvalue weighted by Gasteiger charge is 2.19. The van der Waals surface area contributed by atoms with Gasteiger partial charge in [0.1, 0.15) is 0 Å². The van der Waals surface area contributed by atoms with Crippen LogP contribution in [0.25, 0.3) is 0 Å². The highest BCUT2D eigenvalue weighted by molar-refractivity contribution is 4.77. The molecule has 0 spiro atoms. The molecule has 1 aliphatic heterocycles. The zero-order valence-electron chi connectivity index (χ0n) is 11.4. The first-order valence-electron chi connectivity index (χ1n) is 7.53. The van der Waals surface area contributed by atoms with Crippen LogP contribution in [0.5, 0.6) is 0 Å². The SMILES string of the molecule is C[C@@H](NCCN1CCNCC1)C1CCCCC1. The van der Waals surface area contributed by atoms with E-state index in [0.717, 1.165) is 31.6 Å². The van der Waals surface area contributed by atoms with Crippen molar-refractivity contribution in [1.29, 1.82) is 0 Å². The molecule has 1 aliphatic carbocycles. The minimum atomic E-state index is 0.721. The minimum Gasteiger partial charge on any atom is -0.314 e. The van der Waals surface area contributed by atoms with E-state index >= 15 is 0 Å². The molecule has 100 valence electrons. The number of nitrogens with zero attached hydrogens (tertiary/aromatic N) is 1. The van der Waals surface area contributed by atoms with Gasteiger partial charge in [0.25, 0.3) is 0 Å². The van der Waals surface area contributed by atoms with Crippen LogP contribution in [-0.4, -0.2) is 50.2 Å². The van der Waals surface area contributed by atoms with E-state index in [0.29, 0.717) is 0 Å². The summed E-state index contributed by atoms with van der Waals surface area (Å²) in [5.41, 5.74) is 0. The predicted octanol–water partition coefficient (Wildman–Crippen LogP) is 1.45. The lowest BCUT2D eigenvalue weighted by atomic mass is 9.84. The van der Waals surface area contributed by atoms with Crippen molar-refractivity contribution in [3.8, 4) is 0 Å². The summed E-state index contributed by atoms with van der Waals surface area (Å²) < 4.78 is 0. The summed E-state index contributed by atoms with van der Waals surface area (Å²) in [5.74, 6) is 0.937. The van der Waals surface area contributed by atoms with Gasteiger partial charge >= 0.3 is 0 Å². The maximum Gasteiger partial charge on any atom is 0.0108 e. The van der Waals surface area contributed by atoms with Crippen LogP contribution in [0.3, 0.4) is 0 Å². The number of hydrogen-bond donors (Lipinski definition) is 2. The van der Waals surface area contributed by atoms with E-state index in [2.05, 4.69) is 22.5 Å². The largest absolute Gasteiger partial charge is 0.314 e. The number of hydrogen-bond acceptors (Lipinski definition) is 3. The van der Waals surface area contributed by atoms with E-state index in [-0.39, 0.29) is 0 Å². The van der Waals surface area contributed by atoms with E-state index in [1.807, 2.05) is 0 Å². The molecule has 0 aromatic heterocycles.